The van der Waals surface area contributed by atoms with Crippen LogP contribution >= 0.6 is 11.6 Å². The molecule has 0 amide bonds. The number of ether oxygens (including phenoxy) is 1. The van der Waals surface area contributed by atoms with E-state index in [1.807, 2.05) is 0 Å². The number of anilines is 3. The first-order valence-electron chi connectivity index (χ1n) is 9.27. The SMILES string of the molecule is COc1ncc(Cl)cc1S(=O)(=O)Nc1ccc(F)c(-c2ccc3nc(N)cc(N)c3c2)c1F. The Kier molecular flexibility index (Phi) is 5.68. The van der Waals surface area contributed by atoms with Crippen molar-refractivity contribution in [2.24, 2.45) is 0 Å². The Labute approximate surface area is 192 Å². The number of aromatic nitrogens is 2. The average Bonchev–Trinajstić information content (AvgIpc) is 2.76. The summed E-state index contributed by atoms with van der Waals surface area (Å²) in [4.78, 5) is 7.51. The molecule has 5 N–H and O–H groups in total. The van der Waals surface area contributed by atoms with Gasteiger partial charge in [-0.05, 0) is 35.9 Å². The van der Waals surface area contributed by atoms with E-state index in [9.17, 15) is 12.8 Å². The molecular weight excluding hydrogens is 476 g/mol. The van der Waals surface area contributed by atoms with E-state index >= 15 is 4.39 Å². The van der Waals surface area contributed by atoms with Crippen molar-refractivity contribution in [3.8, 4) is 17.0 Å². The Bertz CT molecular complexity index is 1520. The van der Waals surface area contributed by atoms with Gasteiger partial charge in [0, 0.05) is 23.3 Å². The van der Waals surface area contributed by atoms with Crippen LogP contribution in [0.25, 0.3) is 22.0 Å². The van der Waals surface area contributed by atoms with Gasteiger partial charge < -0.3 is 16.2 Å². The van der Waals surface area contributed by atoms with Crippen LogP contribution in [0.5, 0.6) is 5.88 Å². The van der Waals surface area contributed by atoms with Gasteiger partial charge in [0.15, 0.2) is 10.7 Å². The topological polar surface area (TPSA) is 133 Å². The van der Waals surface area contributed by atoms with Crippen LogP contribution in [0.15, 0.2) is 53.6 Å². The van der Waals surface area contributed by atoms with E-state index in [0.29, 0.717) is 10.9 Å². The first kappa shape index (κ1) is 22.5. The van der Waals surface area contributed by atoms with Crippen molar-refractivity contribution in [1.82, 2.24) is 9.97 Å². The predicted molar refractivity (Wildman–Crippen MR) is 123 cm³/mol. The van der Waals surface area contributed by atoms with Crippen LogP contribution in [0, 0.1) is 11.6 Å². The van der Waals surface area contributed by atoms with Gasteiger partial charge in [0.05, 0.1) is 28.9 Å². The molecule has 0 aliphatic carbocycles. The highest BCUT2D eigenvalue weighted by atomic mass is 35.5. The Hall–Kier alpha value is -3.70. The van der Waals surface area contributed by atoms with E-state index in [-0.39, 0.29) is 28.0 Å². The fourth-order valence-corrected chi connectivity index (χ4v) is 4.71. The molecule has 0 saturated heterocycles. The monoisotopic (exact) mass is 491 g/mol. The van der Waals surface area contributed by atoms with Crippen molar-refractivity contribution >= 4 is 49.7 Å². The van der Waals surface area contributed by atoms with Crippen molar-refractivity contribution in [3.05, 3.63) is 65.3 Å². The third kappa shape index (κ3) is 4.20. The van der Waals surface area contributed by atoms with Gasteiger partial charge in [-0.15, -0.1) is 0 Å². The molecule has 0 saturated carbocycles. The summed E-state index contributed by atoms with van der Waals surface area (Å²) >= 11 is 5.85. The van der Waals surface area contributed by atoms with Gasteiger partial charge in [-0.1, -0.05) is 17.7 Å². The molecule has 33 heavy (non-hydrogen) atoms. The summed E-state index contributed by atoms with van der Waals surface area (Å²) in [5.74, 6) is -2.08. The van der Waals surface area contributed by atoms with E-state index in [1.165, 1.54) is 37.6 Å². The Morgan fingerprint density at radius 3 is 2.58 bits per heavy atom. The summed E-state index contributed by atoms with van der Waals surface area (Å²) in [5.41, 5.74) is 11.5. The molecule has 0 unspecified atom stereocenters. The summed E-state index contributed by atoms with van der Waals surface area (Å²) in [7, 11) is -3.17. The first-order chi connectivity index (χ1) is 15.6. The number of hydrogen-bond acceptors (Lipinski definition) is 7. The molecule has 4 aromatic rings. The number of benzene rings is 2. The second kappa shape index (κ2) is 8.34. The zero-order valence-electron chi connectivity index (χ0n) is 16.9. The maximum atomic E-state index is 15.4. The smallest absolute Gasteiger partial charge is 0.267 e. The Balaban J connectivity index is 1.82. The quantitative estimate of drug-likeness (QED) is 0.381. The molecular formula is C21H16ClF2N5O3S. The lowest BCUT2D eigenvalue weighted by atomic mass is 10.0. The summed E-state index contributed by atoms with van der Waals surface area (Å²) in [6.07, 6.45) is 1.20. The normalized spacial score (nSPS) is 11.5. The molecule has 0 aliphatic heterocycles. The molecule has 2 heterocycles. The number of nitrogens with zero attached hydrogens (tertiary/aromatic N) is 2. The van der Waals surface area contributed by atoms with Crippen LogP contribution in [0.2, 0.25) is 5.02 Å². The second-order valence-corrected chi connectivity index (χ2v) is 9.01. The second-order valence-electron chi connectivity index (χ2n) is 6.92. The molecule has 0 spiro atoms. The number of sulfonamides is 1. The zero-order valence-corrected chi connectivity index (χ0v) is 18.5. The molecule has 8 nitrogen and oxygen atoms in total. The lowest BCUT2D eigenvalue weighted by molar-refractivity contribution is 0.385. The minimum absolute atomic E-state index is 0.0273. The molecule has 2 aromatic carbocycles. The van der Waals surface area contributed by atoms with E-state index in [0.717, 1.165) is 18.2 Å². The van der Waals surface area contributed by atoms with Crippen molar-refractivity contribution in [1.29, 1.82) is 0 Å². The highest BCUT2D eigenvalue weighted by molar-refractivity contribution is 7.92. The lowest BCUT2D eigenvalue weighted by Gasteiger charge is -2.14. The summed E-state index contributed by atoms with van der Waals surface area (Å²) in [6, 6.07) is 8.82. The largest absolute Gasteiger partial charge is 0.480 e. The Morgan fingerprint density at radius 2 is 1.85 bits per heavy atom. The third-order valence-corrected chi connectivity index (χ3v) is 6.32. The maximum Gasteiger partial charge on any atom is 0.267 e. The molecule has 170 valence electrons. The molecule has 0 radical (unpaired) electrons. The van der Waals surface area contributed by atoms with Gasteiger partial charge in [-0.2, -0.15) is 0 Å². The number of rotatable bonds is 5. The van der Waals surface area contributed by atoms with Crippen molar-refractivity contribution < 1.29 is 21.9 Å². The van der Waals surface area contributed by atoms with Gasteiger partial charge in [0.2, 0.25) is 5.88 Å². The van der Waals surface area contributed by atoms with Crippen LogP contribution in [0.3, 0.4) is 0 Å². The number of fused-ring (bicyclic) bond motifs is 1. The molecule has 0 fully saturated rings. The van der Waals surface area contributed by atoms with Crippen molar-refractivity contribution in [2.75, 3.05) is 23.3 Å². The van der Waals surface area contributed by atoms with Crippen LogP contribution < -0.4 is 20.9 Å². The van der Waals surface area contributed by atoms with E-state index in [2.05, 4.69) is 14.7 Å². The van der Waals surface area contributed by atoms with E-state index < -0.39 is 37.8 Å². The number of methoxy groups -OCH3 is 1. The fourth-order valence-electron chi connectivity index (χ4n) is 3.28. The van der Waals surface area contributed by atoms with Gasteiger partial charge in [0.25, 0.3) is 10.0 Å². The third-order valence-electron chi connectivity index (χ3n) is 4.75. The molecule has 12 heteroatoms. The molecule has 2 aromatic heterocycles. The number of nitrogens with two attached hydrogens (primary N) is 2. The fraction of sp³-hybridized carbons (Fsp3) is 0.0476. The number of pyridine rings is 2. The summed E-state index contributed by atoms with van der Waals surface area (Å²) in [5, 5.41) is 0.459. The number of hydrogen-bond donors (Lipinski definition) is 3. The Morgan fingerprint density at radius 1 is 1.09 bits per heavy atom. The van der Waals surface area contributed by atoms with Crippen molar-refractivity contribution in [2.45, 2.75) is 4.90 Å². The minimum atomic E-state index is -4.39. The van der Waals surface area contributed by atoms with Gasteiger partial charge >= 0.3 is 0 Å². The minimum Gasteiger partial charge on any atom is -0.480 e. The van der Waals surface area contributed by atoms with Crippen LogP contribution in [0.4, 0.5) is 26.0 Å². The van der Waals surface area contributed by atoms with Gasteiger partial charge in [-0.3, -0.25) is 4.72 Å². The standard InChI is InChI=1S/C21H16ClF2N5O3S/c1-32-21-17(7-11(22)9-27-21)33(30,31)29-16-5-3-13(23)19(20(16)24)10-2-4-15-12(6-10)14(25)8-18(26)28-15/h2-9,29H,1H3,(H4,25,26,28). The zero-order chi connectivity index (χ0) is 23.9. The highest BCUT2D eigenvalue weighted by Crippen LogP contribution is 2.35. The van der Waals surface area contributed by atoms with Crippen LogP contribution in [-0.4, -0.2) is 25.5 Å². The first-order valence-corrected chi connectivity index (χ1v) is 11.1. The highest BCUT2D eigenvalue weighted by Gasteiger charge is 2.25. The lowest BCUT2D eigenvalue weighted by Crippen LogP contribution is -2.16. The van der Waals surface area contributed by atoms with Gasteiger partial charge in [0.1, 0.15) is 11.6 Å². The van der Waals surface area contributed by atoms with E-state index in [4.69, 9.17) is 27.8 Å². The summed E-state index contributed by atoms with van der Waals surface area (Å²) in [6.45, 7) is 0. The average molecular weight is 492 g/mol. The number of nitrogen functional groups attached to an aromatic ring is 2. The molecule has 0 bridgehead atoms. The van der Waals surface area contributed by atoms with Gasteiger partial charge in [-0.25, -0.2) is 27.2 Å². The molecule has 0 atom stereocenters. The molecule has 0 aliphatic rings. The van der Waals surface area contributed by atoms with Crippen molar-refractivity contribution in [3.63, 3.8) is 0 Å². The van der Waals surface area contributed by atoms with Crippen LogP contribution in [-0.2, 0) is 10.0 Å². The molecule has 4 rings (SSSR count). The van der Waals surface area contributed by atoms with Crippen LogP contribution in [0.1, 0.15) is 0 Å². The maximum absolute atomic E-state index is 15.4. The summed E-state index contributed by atoms with van der Waals surface area (Å²) < 4.78 is 62.9. The number of halogens is 3. The number of nitrogens with one attached hydrogen (secondary N) is 1. The van der Waals surface area contributed by atoms with E-state index in [1.54, 1.807) is 0 Å². The predicted octanol–water partition coefficient (Wildman–Crippen LogP) is 4.20.